The maximum Gasteiger partial charge on any atom is 0.322 e. The molecule has 0 spiro atoms. The van der Waals surface area contributed by atoms with E-state index in [1.54, 1.807) is 12.1 Å². The fraction of sp³-hybridized carbons (Fsp3) is 0.118. The van der Waals surface area contributed by atoms with Gasteiger partial charge < -0.3 is 10.6 Å². The number of rotatable bonds is 3. The van der Waals surface area contributed by atoms with Gasteiger partial charge in [0.05, 0.1) is 0 Å². The molecule has 3 rings (SSSR count). The molecule has 25 heavy (non-hydrogen) atoms. The quantitative estimate of drug-likeness (QED) is 0.746. The van der Waals surface area contributed by atoms with E-state index >= 15 is 0 Å². The molecule has 0 unspecified atom stereocenters. The molecule has 8 heteroatoms. The van der Waals surface area contributed by atoms with E-state index in [0.717, 1.165) is 18.2 Å². The molecule has 0 aromatic heterocycles. The van der Waals surface area contributed by atoms with E-state index < -0.39 is 40.6 Å². The zero-order chi connectivity index (χ0) is 18.2. The Balaban J connectivity index is 1.89. The molecule has 0 aliphatic carbocycles. The molecule has 6 nitrogen and oxygen atoms in total. The van der Waals surface area contributed by atoms with Gasteiger partial charge >= 0.3 is 6.03 Å². The Labute approximate surface area is 141 Å². The fourth-order valence-corrected chi connectivity index (χ4v) is 2.56. The molecule has 1 atom stereocenters. The standard InChI is InChI=1S/C17H13F2N3O3/c1-17(15(24)21-16(25)22-17)9-4-2-5-10(8-9)20-14(23)13-11(18)6-3-7-12(13)19/h2-8H,1H3,(H,20,23)(H2,21,22,24,25)/t17-/m0/s1. The van der Waals surface area contributed by atoms with E-state index in [9.17, 15) is 23.2 Å². The van der Waals surface area contributed by atoms with Crippen LogP contribution in [0.5, 0.6) is 0 Å². The number of nitrogens with one attached hydrogen (secondary N) is 3. The molecular weight excluding hydrogens is 332 g/mol. The van der Waals surface area contributed by atoms with Gasteiger partial charge in [-0.15, -0.1) is 0 Å². The summed E-state index contributed by atoms with van der Waals surface area (Å²) < 4.78 is 27.4. The smallest absolute Gasteiger partial charge is 0.322 e. The van der Waals surface area contributed by atoms with Crippen LogP contribution >= 0.6 is 0 Å². The van der Waals surface area contributed by atoms with Crippen molar-refractivity contribution in [2.45, 2.75) is 12.5 Å². The van der Waals surface area contributed by atoms with Crippen molar-refractivity contribution in [1.82, 2.24) is 10.6 Å². The number of imide groups is 1. The van der Waals surface area contributed by atoms with Crippen molar-refractivity contribution in [2.24, 2.45) is 0 Å². The first-order valence-corrected chi connectivity index (χ1v) is 7.31. The van der Waals surface area contributed by atoms with Crippen LogP contribution in [0.25, 0.3) is 0 Å². The second-order valence-electron chi connectivity index (χ2n) is 5.66. The summed E-state index contributed by atoms with van der Waals surface area (Å²) >= 11 is 0. The average molecular weight is 345 g/mol. The van der Waals surface area contributed by atoms with Gasteiger partial charge in [-0.1, -0.05) is 18.2 Å². The summed E-state index contributed by atoms with van der Waals surface area (Å²) in [5.41, 5.74) is -1.38. The van der Waals surface area contributed by atoms with Gasteiger partial charge in [-0.25, -0.2) is 13.6 Å². The topological polar surface area (TPSA) is 87.3 Å². The van der Waals surface area contributed by atoms with Crippen molar-refractivity contribution in [3.63, 3.8) is 0 Å². The van der Waals surface area contributed by atoms with Gasteiger partial charge in [-0.3, -0.25) is 14.9 Å². The number of benzene rings is 2. The van der Waals surface area contributed by atoms with Crippen molar-refractivity contribution < 1.29 is 23.2 Å². The summed E-state index contributed by atoms with van der Waals surface area (Å²) in [5.74, 6) is -3.47. The minimum absolute atomic E-state index is 0.223. The van der Waals surface area contributed by atoms with Crippen LogP contribution in [0.3, 0.4) is 0 Å². The van der Waals surface area contributed by atoms with E-state index in [4.69, 9.17) is 0 Å². The number of anilines is 1. The molecule has 2 aromatic rings. The fourth-order valence-electron chi connectivity index (χ4n) is 2.56. The van der Waals surface area contributed by atoms with Crippen molar-refractivity contribution >= 4 is 23.5 Å². The van der Waals surface area contributed by atoms with Crippen LogP contribution < -0.4 is 16.0 Å². The number of halogens is 2. The van der Waals surface area contributed by atoms with Gasteiger partial charge in [0.1, 0.15) is 22.7 Å². The van der Waals surface area contributed by atoms with Crippen LogP contribution in [0.1, 0.15) is 22.8 Å². The third-order valence-electron chi connectivity index (χ3n) is 3.93. The van der Waals surface area contributed by atoms with Crippen LogP contribution in [0.4, 0.5) is 19.3 Å². The largest absolute Gasteiger partial charge is 0.322 e. The predicted octanol–water partition coefficient (Wildman–Crippen LogP) is 2.27. The summed E-state index contributed by atoms with van der Waals surface area (Å²) in [6.07, 6.45) is 0. The Hall–Kier alpha value is -3.29. The average Bonchev–Trinajstić information content (AvgIpc) is 2.81. The highest BCUT2D eigenvalue weighted by Gasteiger charge is 2.43. The van der Waals surface area contributed by atoms with E-state index in [1.165, 1.54) is 19.1 Å². The van der Waals surface area contributed by atoms with Gasteiger partial charge in [0.25, 0.3) is 11.8 Å². The lowest BCUT2D eigenvalue weighted by atomic mass is 9.92. The van der Waals surface area contributed by atoms with Crippen molar-refractivity contribution in [2.75, 3.05) is 5.32 Å². The Morgan fingerprint density at radius 2 is 1.72 bits per heavy atom. The number of amides is 4. The lowest BCUT2D eigenvalue weighted by Gasteiger charge is -2.21. The maximum atomic E-state index is 13.7. The zero-order valence-corrected chi connectivity index (χ0v) is 13.0. The third kappa shape index (κ3) is 2.93. The van der Waals surface area contributed by atoms with E-state index in [1.807, 2.05) is 0 Å². The molecule has 1 aliphatic heterocycles. The number of hydrogen-bond donors (Lipinski definition) is 3. The second-order valence-corrected chi connectivity index (χ2v) is 5.66. The Morgan fingerprint density at radius 3 is 2.32 bits per heavy atom. The summed E-state index contributed by atoms with van der Waals surface area (Å²) in [6.45, 7) is 1.50. The van der Waals surface area contributed by atoms with E-state index in [-0.39, 0.29) is 5.69 Å². The molecule has 1 saturated heterocycles. The molecule has 1 aliphatic rings. The molecule has 4 amide bonds. The molecule has 1 fully saturated rings. The lowest BCUT2D eigenvalue weighted by Crippen LogP contribution is -2.40. The molecule has 0 bridgehead atoms. The molecule has 2 aromatic carbocycles. The SMILES string of the molecule is C[C@@]1(c2cccc(NC(=O)c3c(F)cccc3F)c2)NC(=O)NC1=O. The molecule has 0 saturated carbocycles. The van der Waals surface area contributed by atoms with Crippen molar-refractivity contribution in [3.05, 3.63) is 65.2 Å². The maximum absolute atomic E-state index is 13.7. The van der Waals surface area contributed by atoms with Crippen LogP contribution in [-0.4, -0.2) is 17.8 Å². The van der Waals surface area contributed by atoms with Crippen LogP contribution in [0, 0.1) is 11.6 Å². The first-order chi connectivity index (χ1) is 11.8. The number of hydrogen-bond acceptors (Lipinski definition) is 3. The van der Waals surface area contributed by atoms with Crippen LogP contribution in [0.15, 0.2) is 42.5 Å². The Bertz CT molecular complexity index is 880. The number of carbonyl (C=O) groups is 3. The third-order valence-corrected chi connectivity index (χ3v) is 3.93. The normalized spacial score (nSPS) is 19.3. The monoisotopic (exact) mass is 345 g/mol. The summed E-state index contributed by atoms with van der Waals surface area (Å²) in [4.78, 5) is 35.5. The lowest BCUT2D eigenvalue weighted by molar-refractivity contribution is -0.123. The molecular formula is C17H13F2N3O3. The molecule has 3 N–H and O–H groups in total. The highest BCUT2D eigenvalue weighted by atomic mass is 19.1. The van der Waals surface area contributed by atoms with E-state index in [0.29, 0.717) is 5.56 Å². The van der Waals surface area contributed by atoms with Crippen LogP contribution in [0.2, 0.25) is 0 Å². The minimum atomic E-state index is -1.30. The highest BCUT2D eigenvalue weighted by Crippen LogP contribution is 2.27. The Morgan fingerprint density at radius 1 is 1.08 bits per heavy atom. The molecule has 0 radical (unpaired) electrons. The Kier molecular flexibility index (Phi) is 3.96. The van der Waals surface area contributed by atoms with Gasteiger partial charge in [-0.2, -0.15) is 0 Å². The highest BCUT2D eigenvalue weighted by molar-refractivity contribution is 6.08. The summed E-state index contributed by atoms with van der Waals surface area (Å²) in [6, 6.07) is 8.57. The summed E-state index contributed by atoms with van der Waals surface area (Å²) in [5, 5.41) is 7.01. The van der Waals surface area contributed by atoms with Gasteiger partial charge in [0, 0.05) is 5.69 Å². The molecule has 1 heterocycles. The predicted molar refractivity (Wildman–Crippen MR) is 84.8 cm³/mol. The van der Waals surface area contributed by atoms with Crippen molar-refractivity contribution in [3.8, 4) is 0 Å². The van der Waals surface area contributed by atoms with Crippen LogP contribution in [-0.2, 0) is 10.3 Å². The van der Waals surface area contributed by atoms with Gasteiger partial charge in [-0.05, 0) is 36.8 Å². The van der Waals surface area contributed by atoms with Gasteiger partial charge in [0.2, 0.25) is 0 Å². The van der Waals surface area contributed by atoms with Gasteiger partial charge in [0.15, 0.2) is 0 Å². The number of carbonyl (C=O) groups excluding carboxylic acids is 3. The second kappa shape index (κ2) is 5.97. The first kappa shape index (κ1) is 16.6. The minimum Gasteiger partial charge on any atom is -0.322 e. The van der Waals surface area contributed by atoms with E-state index in [2.05, 4.69) is 16.0 Å². The molecule has 128 valence electrons. The summed E-state index contributed by atoms with van der Waals surface area (Å²) in [7, 11) is 0. The van der Waals surface area contributed by atoms with Crippen molar-refractivity contribution in [1.29, 1.82) is 0 Å². The zero-order valence-electron chi connectivity index (χ0n) is 13.0. The number of urea groups is 1. The first-order valence-electron chi connectivity index (χ1n) is 7.31.